The number of fused-ring (bicyclic) bond motifs is 1. The van der Waals surface area contributed by atoms with Gasteiger partial charge >= 0.3 is 5.69 Å². The number of H-pyrrole nitrogens is 1. The zero-order valence-electron chi connectivity index (χ0n) is 14.2. The van der Waals surface area contributed by atoms with E-state index in [2.05, 4.69) is 10.3 Å². The number of rotatable bonds is 5. The standard InChI is InChI=1S/C19H18FN3O3/c1-12(13-6-8-14(20)9-7-13)21-17(24)10-11-23-16-5-3-2-4-15(16)18(25)22-19(23)26/h2-9,12H,10-11H2,1H3,(H,21,24)(H,22,25,26)/t12-/m1/s1. The van der Waals surface area contributed by atoms with Crippen molar-refractivity contribution in [3.63, 3.8) is 0 Å². The smallest absolute Gasteiger partial charge is 0.328 e. The van der Waals surface area contributed by atoms with Gasteiger partial charge in [0.1, 0.15) is 5.82 Å². The lowest BCUT2D eigenvalue weighted by molar-refractivity contribution is -0.121. The first kappa shape index (κ1) is 17.6. The summed E-state index contributed by atoms with van der Waals surface area (Å²) >= 11 is 0. The van der Waals surface area contributed by atoms with Crippen molar-refractivity contribution in [1.82, 2.24) is 14.9 Å². The Morgan fingerprint density at radius 1 is 1.15 bits per heavy atom. The van der Waals surface area contributed by atoms with Crippen LogP contribution in [-0.2, 0) is 11.3 Å². The molecule has 0 aliphatic heterocycles. The maximum absolute atomic E-state index is 13.0. The Hall–Kier alpha value is -3.22. The molecular formula is C19H18FN3O3. The predicted octanol–water partition coefficient (Wildman–Crippen LogP) is 2.10. The molecule has 0 radical (unpaired) electrons. The molecule has 26 heavy (non-hydrogen) atoms. The zero-order chi connectivity index (χ0) is 18.7. The van der Waals surface area contributed by atoms with E-state index in [1.54, 1.807) is 43.3 Å². The summed E-state index contributed by atoms with van der Waals surface area (Å²) < 4.78 is 14.3. The second kappa shape index (κ2) is 7.35. The van der Waals surface area contributed by atoms with Gasteiger partial charge in [-0.2, -0.15) is 0 Å². The molecule has 1 atom stereocenters. The topological polar surface area (TPSA) is 84.0 Å². The van der Waals surface area contributed by atoms with Crippen LogP contribution in [0.2, 0.25) is 0 Å². The molecule has 1 heterocycles. The van der Waals surface area contributed by atoms with E-state index in [9.17, 15) is 18.8 Å². The Balaban J connectivity index is 1.72. The average Bonchev–Trinajstić information content (AvgIpc) is 2.62. The largest absolute Gasteiger partial charge is 0.350 e. The van der Waals surface area contributed by atoms with Crippen molar-refractivity contribution >= 4 is 16.8 Å². The van der Waals surface area contributed by atoms with Gasteiger partial charge in [0.25, 0.3) is 5.56 Å². The fourth-order valence-electron chi connectivity index (χ4n) is 2.83. The van der Waals surface area contributed by atoms with E-state index < -0.39 is 11.2 Å². The molecule has 1 amide bonds. The fraction of sp³-hybridized carbons (Fsp3) is 0.211. The van der Waals surface area contributed by atoms with Gasteiger partial charge in [-0.1, -0.05) is 24.3 Å². The van der Waals surface area contributed by atoms with Crippen molar-refractivity contribution in [2.45, 2.75) is 25.9 Å². The lowest BCUT2D eigenvalue weighted by Crippen LogP contribution is -2.33. The lowest BCUT2D eigenvalue weighted by Gasteiger charge is -2.15. The van der Waals surface area contributed by atoms with Crippen molar-refractivity contribution in [3.05, 3.63) is 80.7 Å². The highest BCUT2D eigenvalue weighted by molar-refractivity contribution is 5.79. The summed E-state index contributed by atoms with van der Waals surface area (Å²) in [6.45, 7) is 1.94. The Bertz CT molecular complexity index is 1050. The molecule has 134 valence electrons. The van der Waals surface area contributed by atoms with Crippen LogP contribution in [0.4, 0.5) is 4.39 Å². The highest BCUT2D eigenvalue weighted by Crippen LogP contribution is 2.13. The number of amides is 1. The Kier molecular flexibility index (Phi) is 4.97. The zero-order valence-corrected chi connectivity index (χ0v) is 14.2. The third-order valence-corrected chi connectivity index (χ3v) is 4.22. The molecule has 6 nitrogen and oxygen atoms in total. The van der Waals surface area contributed by atoms with Gasteiger partial charge in [0.15, 0.2) is 0 Å². The predicted molar refractivity (Wildman–Crippen MR) is 96.4 cm³/mol. The quantitative estimate of drug-likeness (QED) is 0.735. The van der Waals surface area contributed by atoms with Crippen LogP contribution in [0.1, 0.15) is 24.9 Å². The molecule has 0 fully saturated rings. The number of aromatic nitrogens is 2. The van der Waals surface area contributed by atoms with Crippen LogP contribution in [0.15, 0.2) is 58.1 Å². The summed E-state index contributed by atoms with van der Waals surface area (Å²) in [6, 6.07) is 12.4. The average molecular weight is 355 g/mol. The maximum atomic E-state index is 13.0. The van der Waals surface area contributed by atoms with Gasteiger partial charge in [-0.3, -0.25) is 19.1 Å². The molecule has 0 aliphatic carbocycles. The van der Waals surface area contributed by atoms with Crippen LogP contribution < -0.4 is 16.6 Å². The first-order valence-electron chi connectivity index (χ1n) is 8.22. The lowest BCUT2D eigenvalue weighted by atomic mass is 10.1. The highest BCUT2D eigenvalue weighted by atomic mass is 19.1. The number of aryl methyl sites for hydroxylation is 1. The normalized spacial score (nSPS) is 12.1. The van der Waals surface area contributed by atoms with E-state index in [0.717, 1.165) is 5.56 Å². The first-order valence-corrected chi connectivity index (χ1v) is 8.22. The summed E-state index contributed by atoms with van der Waals surface area (Å²) in [5, 5.41) is 3.21. The number of benzene rings is 2. The molecule has 7 heteroatoms. The maximum Gasteiger partial charge on any atom is 0.328 e. The van der Waals surface area contributed by atoms with Crippen molar-refractivity contribution in [2.24, 2.45) is 0 Å². The fourth-order valence-corrected chi connectivity index (χ4v) is 2.83. The van der Waals surface area contributed by atoms with Gasteiger partial charge in [-0.05, 0) is 36.8 Å². The summed E-state index contributed by atoms with van der Waals surface area (Å²) in [5.74, 6) is -0.583. The van der Waals surface area contributed by atoms with Gasteiger partial charge in [0.2, 0.25) is 5.91 Å². The van der Waals surface area contributed by atoms with Gasteiger partial charge in [-0.25, -0.2) is 9.18 Å². The molecule has 2 N–H and O–H groups in total. The molecule has 0 bridgehead atoms. The number of nitrogens with zero attached hydrogens (tertiary/aromatic N) is 1. The molecule has 3 aromatic rings. The van der Waals surface area contributed by atoms with E-state index in [1.807, 2.05) is 0 Å². The minimum Gasteiger partial charge on any atom is -0.350 e. The number of nitrogens with one attached hydrogen (secondary N) is 2. The monoisotopic (exact) mass is 355 g/mol. The van der Waals surface area contributed by atoms with Crippen LogP contribution in [-0.4, -0.2) is 15.5 Å². The molecule has 2 aromatic carbocycles. The number of halogens is 1. The van der Waals surface area contributed by atoms with E-state index >= 15 is 0 Å². The number of hydrogen-bond donors (Lipinski definition) is 2. The van der Waals surface area contributed by atoms with Crippen LogP contribution in [0.3, 0.4) is 0 Å². The van der Waals surface area contributed by atoms with E-state index in [4.69, 9.17) is 0 Å². The second-order valence-corrected chi connectivity index (χ2v) is 6.02. The van der Waals surface area contributed by atoms with E-state index in [-0.39, 0.29) is 30.7 Å². The molecule has 0 unspecified atom stereocenters. The molecule has 0 saturated carbocycles. The third-order valence-electron chi connectivity index (χ3n) is 4.22. The Morgan fingerprint density at radius 3 is 2.58 bits per heavy atom. The summed E-state index contributed by atoms with van der Waals surface area (Å²) in [6.07, 6.45) is 0.0709. The second-order valence-electron chi connectivity index (χ2n) is 6.02. The van der Waals surface area contributed by atoms with Crippen molar-refractivity contribution in [3.8, 4) is 0 Å². The van der Waals surface area contributed by atoms with Crippen molar-refractivity contribution in [1.29, 1.82) is 0 Å². The SMILES string of the molecule is C[C@@H](NC(=O)CCn1c(=O)[nH]c(=O)c2ccccc21)c1ccc(F)cc1. The molecule has 1 aromatic heterocycles. The van der Waals surface area contributed by atoms with E-state index in [0.29, 0.717) is 10.9 Å². The van der Waals surface area contributed by atoms with Crippen LogP contribution in [0, 0.1) is 5.82 Å². The number of para-hydroxylation sites is 1. The van der Waals surface area contributed by atoms with Crippen LogP contribution in [0.5, 0.6) is 0 Å². The molecule has 0 saturated heterocycles. The van der Waals surface area contributed by atoms with E-state index in [1.165, 1.54) is 16.7 Å². The molecular weight excluding hydrogens is 337 g/mol. The number of hydrogen-bond acceptors (Lipinski definition) is 3. The third kappa shape index (κ3) is 3.72. The van der Waals surface area contributed by atoms with Crippen molar-refractivity contribution in [2.75, 3.05) is 0 Å². The number of carbonyl (C=O) groups excluding carboxylic acids is 1. The molecule has 3 rings (SSSR count). The Morgan fingerprint density at radius 2 is 1.85 bits per heavy atom. The van der Waals surface area contributed by atoms with Crippen LogP contribution in [0.25, 0.3) is 10.9 Å². The minimum absolute atomic E-state index is 0.0709. The number of aromatic amines is 1. The molecule has 0 aliphatic rings. The summed E-state index contributed by atoms with van der Waals surface area (Å²) in [5.41, 5.74) is 0.274. The highest BCUT2D eigenvalue weighted by Gasteiger charge is 2.12. The molecule has 0 spiro atoms. The number of carbonyl (C=O) groups is 1. The summed E-state index contributed by atoms with van der Waals surface area (Å²) in [4.78, 5) is 38.4. The van der Waals surface area contributed by atoms with Gasteiger partial charge in [0, 0.05) is 13.0 Å². The van der Waals surface area contributed by atoms with Gasteiger partial charge < -0.3 is 5.32 Å². The Labute approximate surface area is 148 Å². The van der Waals surface area contributed by atoms with Gasteiger partial charge in [0.05, 0.1) is 16.9 Å². The van der Waals surface area contributed by atoms with Crippen molar-refractivity contribution < 1.29 is 9.18 Å². The van der Waals surface area contributed by atoms with Crippen LogP contribution >= 0.6 is 0 Å². The summed E-state index contributed by atoms with van der Waals surface area (Å²) in [7, 11) is 0. The minimum atomic E-state index is -0.548. The van der Waals surface area contributed by atoms with Gasteiger partial charge in [-0.15, -0.1) is 0 Å². The first-order chi connectivity index (χ1) is 12.5.